The van der Waals surface area contributed by atoms with Gasteiger partial charge in [0.15, 0.2) is 11.5 Å². The van der Waals surface area contributed by atoms with Gasteiger partial charge in [-0.1, -0.05) is 72.3 Å². The largest absolute Gasteiger partial charge is 0.493 e. The fraction of sp³-hybridized carbons (Fsp3) is 0.250. The first-order chi connectivity index (χ1) is 21.2. The first kappa shape index (κ1) is 30.5. The van der Waals surface area contributed by atoms with Gasteiger partial charge in [0.05, 0.1) is 18.6 Å². The van der Waals surface area contributed by atoms with E-state index >= 15 is 0 Å². The van der Waals surface area contributed by atoms with Crippen LogP contribution in [0.1, 0.15) is 36.0 Å². The lowest BCUT2D eigenvalue weighted by molar-refractivity contribution is -0.150. The minimum Gasteiger partial charge on any atom is -0.493 e. The van der Waals surface area contributed by atoms with Crippen LogP contribution in [0.5, 0.6) is 11.5 Å². The van der Waals surface area contributed by atoms with Crippen molar-refractivity contribution in [1.82, 2.24) is 0 Å². The van der Waals surface area contributed by atoms with Gasteiger partial charge in [0, 0.05) is 23.7 Å². The van der Waals surface area contributed by atoms with Crippen molar-refractivity contribution in [3.05, 3.63) is 120 Å². The first-order valence-corrected chi connectivity index (χ1v) is 14.5. The van der Waals surface area contributed by atoms with Crippen molar-refractivity contribution >= 4 is 29.0 Å². The van der Waals surface area contributed by atoms with Crippen LogP contribution in [0.4, 0.5) is 11.4 Å². The molecule has 4 aromatic rings. The maximum atomic E-state index is 13.9. The zero-order valence-electron chi connectivity index (χ0n) is 24.9. The van der Waals surface area contributed by atoms with Gasteiger partial charge in [-0.25, -0.2) is 0 Å². The van der Waals surface area contributed by atoms with Crippen molar-refractivity contribution < 1.29 is 29.0 Å². The summed E-state index contributed by atoms with van der Waals surface area (Å²) in [6.07, 6.45) is -0.363. The molecule has 1 fully saturated rings. The number of carbonyl (C=O) groups excluding carboxylic acids is 3. The van der Waals surface area contributed by atoms with Crippen LogP contribution < -0.4 is 20.1 Å². The Hall–Kier alpha value is -4.95. The van der Waals surface area contributed by atoms with Crippen molar-refractivity contribution in [2.75, 3.05) is 17.7 Å². The molecule has 0 heterocycles. The smallest absolute Gasteiger partial charge is 0.235 e. The highest BCUT2D eigenvalue weighted by Gasteiger charge is 2.56. The van der Waals surface area contributed by atoms with E-state index in [1.54, 1.807) is 66.7 Å². The van der Waals surface area contributed by atoms with Gasteiger partial charge < -0.3 is 25.2 Å². The molecule has 1 saturated carbocycles. The van der Waals surface area contributed by atoms with Crippen LogP contribution in [0.15, 0.2) is 103 Å². The maximum absolute atomic E-state index is 13.9. The predicted octanol–water partition coefficient (Wildman–Crippen LogP) is 5.90. The van der Waals surface area contributed by atoms with E-state index in [1.807, 2.05) is 43.3 Å². The molecule has 1 aliphatic carbocycles. The number of ketones is 1. The summed E-state index contributed by atoms with van der Waals surface area (Å²) >= 11 is 0. The third kappa shape index (κ3) is 6.82. The molecule has 8 nitrogen and oxygen atoms in total. The van der Waals surface area contributed by atoms with Gasteiger partial charge in [0.25, 0.3) is 0 Å². The molecular formula is C36H36N2O6. The van der Waals surface area contributed by atoms with Crippen LogP contribution in [-0.4, -0.2) is 35.4 Å². The number of hydrogen-bond donors (Lipinski definition) is 3. The predicted molar refractivity (Wildman–Crippen MR) is 169 cm³/mol. The van der Waals surface area contributed by atoms with Crippen LogP contribution in [-0.2, 0) is 21.0 Å². The Morgan fingerprint density at radius 3 is 2.09 bits per heavy atom. The summed E-state index contributed by atoms with van der Waals surface area (Å²) in [6, 6.07) is 30.7. The Bertz CT molecular complexity index is 1640. The average molecular weight is 593 g/mol. The van der Waals surface area contributed by atoms with Gasteiger partial charge in [-0.05, 0) is 61.4 Å². The van der Waals surface area contributed by atoms with Crippen molar-refractivity contribution in [3.8, 4) is 11.5 Å². The molecule has 4 aromatic carbocycles. The molecule has 44 heavy (non-hydrogen) atoms. The highest BCUT2D eigenvalue weighted by Crippen LogP contribution is 2.48. The summed E-state index contributed by atoms with van der Waals surface area (Å²) in [5.74, 6) is -4.12. The minimum absolute atomic E-state index is 0.304. The Morgan fingerprint density at radius 1 is 0.841 bits per heavy atom. The molecule has 0 radical (unpaired) electrons. The van der Waals surface area contributed by atoms with Crippen LogP contribution in [0.3, 0.4) is 0 Å². The van der Waals surface area contributed by atoms with Gasteiger partial charge in [0.2, 0.25) is 11.8 Å². The highest BCUT2D eigenvalue weighted by molar-refractivity contribution is 6.10. The van der Waals surface area contributed by atoms with E-state index in [4.69, 9.17) is 9.47 Å². The number of methoxy groups -OCH3 is 1. The normalized spacial score (nSPS) is 21.3. The van der Waals surface area contributed by atoms with Crippen LogP contribution in [0.25, 0.3) is 0 Å². The molecule has 0 saturated heterocycles. The third-order valence-corrected chi connectivity index (χ3v) is 7.96. The van der Waals surface area contributed by atoms with E-state index in [1.165, 1.54) is 14.0 Å². The molecule has 0 bridgehead atoms. The minimum atomic E-state index is -1.74. The van der Waals surface area contributed by atoms with Gasteiger partial charge in [-0.2, -0.15) is 0 Å². The lowest BCUT2D eigenvalue weighted by atomic mass is 9.61. The molecule has 0 aliphatic heterocycles. The molecule has 8 heteroatoms. The lowest BCUT2D eigenvalue weighted by Gasteiger charge is -2.44. The average Bonchev–Trinajstić information content (AvgIpc) is 3.00. The molecule has 0 aromatic heterocycles. The Kier molecular flexibility index (Phi) is 9.11. The number of aliphatic hydroxyl groups is 1. The van der Waals surface area contributed by atoms with E-state index in [0.717, 1.165) is 11.1 Å². The summed E-state index contributed by atoms with van der Waals surface area (Å²) < 4.78 is 11.8. The number of aryl methyl sites for hydroxylation is 1. The number of benzene rings is 4. The monoisotopic (exact) mass is 592 g/mol. The Labute approximate surface area is 257 Å². The number of anilines is 2. The van der Waals surface area contributed by atoms with Crippen molar-refractivity contribution in [2.45, 2.75) is 38.4 Å². The van der Waals surface area contributed by atoms with Crippen LogP contribution in [0.2, 0.25) is 0 Å². The quantitative estimate of drug-likeness (QED) is 0.209. The molecule has 5 rings (SSSR count). The Morgan fingerprint density at radius 2 is 1.48 bits per heavy atom. The molecule has 3 N–H and O–H groups in total. The second-order valence-electron chi connectivity index (χ2n) is 11.4. The highest BCUT2D eigenvalue weighted by atomic mass is 16.5. The van der Waals surface area contributed by atoms with E-state index in [9.17, 15) is 19.5 Å². The number of hydrogen-bond acceptors (Lipinski definition) is 6. The SMILES string of the molecule is COc1cc(C2C(C(=O)Nc3ccccc3)C(=O)CC(C)(O)C2C(=O)Nc2ccccc2)ccc1OCc1cccc(C)c1. The van der Waals surface area contributed by atoms with E-state index in [0.29, 0.717) is 35.0 Å². The number of Topliss-reactive ketones (excluding diaryl/α,β-unsaturated/α-hetero) is 1. The molecule has 0 spiro atoms. The van der Waals surface area contributed by atoms with Crippen molar-refractivity contribution in [1.29, 1.82) is 0 Å². The summed E-state index contributed by atoms with van der Waals surface area (Å²) in [7, 11) is 1.50. The first-order valence-electron chi connectivity index (χ1n) is 14.5. The molecule has 2 amide bonds. The molecule has 226 valence electrons. The fourth-order valence-electron chi connectivity index (χ4n) is 5.95. The van der Waals surface area contributed by atoms with Crippen molar-refractivity contribution in [2.24, 2.45) is 11.8 Å². The van der Waals surface area contributed by atoms with Crippen molar-refractivity contribution in [3.63, 3.8) is 0 Å². The number of nitrogens with one attached hydrogen (secondary N) is 2. The summed E-state index contributed by atoms with van der Waals surface area (Å²) in [5.41, 5.74) is 1.90. The summed E-state index contributed by atoms with van der Waals surface area (Å²) in [4.78, 5) is 41.4. The zero-order valence-corrected chi connectivity index (χ0v) is 24.9. The standard InChI is InChI=1S/C36H36N2O6/c1-23-11-10-12-24(19-23)22-44-29-18-17-25(20-30(29)43-3)31-32(34(40)37-26-13-6-4-7-14-26)28(39)21-36(2,42)33(31)35(41)38-27-15-8-5-9-16-27/h4-20,31-33,42H,21-22H2,1-3H3,(H,37,40)(H,38,41). The molecule has 4 unspecified atom stereocenters. The van der Waals surface area contributed by atoms with Crippen LogP contribution >= 0.6 is 0 Å². The zero-order chi connectivity index (χ0) is 31.3. The maximum Gasteiger partial charge on any atom is 0.235 e. The molecular weight excluding hydrogens is 556 g/mol. The number of amides is 2. The van der Waals surface area contributed by atoms with E-state index in [-0.39, 0.29) is 6.42 Å². The van der Waals surface area contributed by atoms with E-state index < -0.39 is 41.0 Å². The fourth-order valence-corrected chi connectivity index (χ4v) is 5.95. The summed E-state index contributed by atoms with van der Waals surface area (Å²) in [5, 5.41) is 17.3. The topological polar surface area (TPSA) is 114 Å². The number of rotatable bonds is 9. The number of carbonyl (C=O) groups is 3. The lowest BCUT2D eigenvalue weighted by Crippen LogP contribution is -2.56. The van der Waals surface area contributed by atoms with Gasteiger partial charge in [-0.15, -0.1) is 0 Å². The van der Waals surface area contributed by atoms with E-state index in [2.05, 4.69) is 10.6 Å². The number of para-hydroxylation sites is 2. The third-order valence-electron chi connectivity index (χ3n) is 7.96. The second-order valence-corrected chi connectivity index (χ2v) is 11.4. The summed E-state index contributed by atoms with van der Waals surface area (Å²) in [6.45, 7) is 3.78. The molecule has 1 aliphatic rings. The van der Waals surface area contributed by atoms with Gasteiger partial charge >= 0.3 is 0 Å². The molecule has 4 atom stereocenters. The second kappa shape index (κ2) is 13.1. The number of ether oxygens (including phenoxy) is 2. The van der Waals surface area contributed by atoms with Gasteiger partial charge in [0.1, 0.15) is 18.3 Å². The Balaban J connectivity index is 1.54. The van der Waals surface area contributed by atoms with Gasteiger partial charge in [-0.3, -0.25) is 14.4 Å². The van der Waals surface area contributed by atoms with Crippen LogP contribution in [0, 0.1) is 18.8 Å².